The molecule has 1 amide bonds. The lowest BCUT2D eigenvalue weighted by atomic mass is 9.96. The molecule has 5 nitrogen and oxygen atoms in total. The molecule has 1 unspecified atom stereocenters. The van der Waals surface area contributed by atoms with E-state index in [1.807, 2.05) is 51.4 Å². The number of carbonyl (C=O) groups is 1. The number of nitrogens with zero attached hydrogens (tertiary/aromatic N) is 4. The Hall–Kier alpha value is -1.85. The molecule has 1 aliphatic heterocycles. The second-order valence-electron chi connectivity index (χ2n) is 6.91. The molecule has 0 aliphatic carbocycles. The number of amides is 1. The number of benzene rings is 1. The van der Waals surface area contributed by atoms with Gasteiger partial charge in [0.1, 0.15) is 5.15 Å². The Morgan fingerprint density at radius 2 is 2.04 bits per heavy atom. The maximum absolute atomic E-state index is 12.3. The van der Waals surface area contributed by atoms with Gasteiger partial charge in [-0.15, -0.1) is 0 Å². The zero-order valence-electron chi connectivity index (χ0n) is 15.1. The summed E-state index contributed by atoms with van der Waals surface area (Å²) in [7, 11) is 3.65. The molecular weight excluding hydrogens is 336 g/mol. The second kappa shape index (κ2) is 7.58. The molecule has 1 atom stereocenters. The number of hydrogen-bond donors (Lipinski definition) is 0. The van der Waals surface area contributed by atoms with Crippen LogP contribution in [-0.2, 0) is 11.3 Å². The van der Waals surface area contributed by atoms with Crippen molar-refractivity contribution in [3.63, 3.8) is 0 Å². The van der Waals surface area contributed by atoms with Gasteiger partial charge in [-0.25, -0.2) is 4.68 Å². The van der Waals surface area contributed by atoms with E-state index in [9.17, 15) is 4.79 Å². The minimum atomic E-state index is 0.0759. The van der Waals surface area contributed by atoms with Gasteiger partial charge < -0.3 is 4.90 Å². The zero-order valence-corrected chi connectivity index (χ0v) is 15.8. The average molecular weight is 361 g/mol. The number of rotatable bonds is 4. The highest BCUT2D eigenvalue weighted by Crippen LogP contribution is 2.27. The first-order valence-corrected chi connectivity index (χ1v) is 9.08. The van der Waals surface area contributed by atoms with Gasteiger partial charge in [-0.05, 0) is 38.4 Å². The fraction of sp³-hybridized carbons (Fsp3) is 0.474. The maximum Gasteiger partial charge on any atom is 0.226 e. The summed E-state index contributed by atoms with van der Waals surface area (Å²) in [6.07, 6.45) is 2.00. The Morgan fingerprint density at radius 1 is 1.32 bits per heavy atom. The molecule has 2 aromatic rings. The first-order chi connectivity index (χ1) is 12.0. The van der Waals surface area contributed by atoms with E-state index >= 15 is 0 Å². The smallest absolute Gasteiger partial charge is 0.226 e. The normalized spacial score (nSPS) is 18.3. The third-order valence-corrected chi connectivity index (χ3v) is 5.19. The number of halogens is 1. The van der Waals surface area contributed by atoms with E-state index in [-0.39, 0.29) is 11.8 Å². The highest BCUT2D eigenvalue weighted by atomic mass is 35.5. The molecule has 0 spiro atoms. The molecule has 0 saturated carbocycles. The number of carbonyl (C=O) groups excluding carboxylic acids is 1. The average Bonchev–Trinajstić information content (AvgIpc) is 2.90. The Balaban J connectivity index is 1.77. The van der Waals surface area contributed by atoms with Crippen LogP contribution in [0.2, 0.25) is 5.15 Å². The van der Waals surface area contributed by atoms with Crippen LogP contribution in [0.1, 0.15) is 24.1 Å². The molecule has 0 bridgehead atoms. The van der Waals surface area contributed by atoms with Gasteiger partial charge in [0.05, 0.1) is 17.3 Å². The fourth-order valence-corrected chi connectivity index (χ4v) is 3.77. The first kappa shape index (κ1) is 18.0. The van der Waals surface area contributed by atoms with Crippen molar-refractivity contribution in [2.24, 2.45) is 5.92 Å². The number of likely N-dealkylation sites (tertiary alicyclic amines) is 1. The summed E-state index contributed by atoms with van der Waals surface area (Å²) >= 11 is 6.63. The molecule has 2 heterocycles. The Kier molecular flexibility index (Phi) is 5.45. The summed E-state index contributed by atoms with van der Waals surface area (Å²) in [6.45, 7) is 4.49. The molecule has 1 aliphatic rings. The van der Waals surface area contributed by atoms with Crippen molar-refractivity contribution in [1.29, 1.82) is 0 Å². The molecule has 0 radical (unpaired) electrons. The monoisotopic (exact) mass is 360 g/mol. The quantitative estimate of drug-likeness (QED) is 0.841. The van der Waals surface area contributed by atoms with Crippen LogP contribution in [0.25, 0.3) is 5.69 Å². The predicted octanol–water partition coefficient (Wildman–Crippen LogP) is 3.13. The van der Waals surface area contributed by atoms with E-state index in [2.05, 4.69) is 10.00 Å². The van der Waals surface area contributed by atoms with Crippen molar-refractivity contribution in [2.45, 2.75) is 26.3 Å². The fourth-order valence-electron chi connectivity index (χ4n) is 3.44. The van der Waals surface area contributed by atoms with Crippen LogP contribution in [0.4, 0.5) is 0 Å². The molecule has 1 aromatic heterocycles. The molecule has 134 valence electrons. The van der Waals surface area contributed by atoms with Crippen LogP contribution in [0.3, 0.4) is 0 Å². The lowest BCUT2D eigenvalue weighted by Crippen LogP contribution is -2.42. The molecule has 0 N–H and O–H groups in total. The molecule has 1 fully saturated rings. The second-order valence-corrected chi connectivity index (χ2v) is 7.27. The summed E-state index contributed by atoms with van der Waals surface area (Å²) in [6, 6.07) is 9.92. The van der Waals surface area contributed by atoms with Gasteiger partial charge in [-0.1, -0.05) is 29.8 Å². The Bertz CT molecular complexity index is 741. The molecule has 3 rings (SSSR count). The van der Waals surface area contributed by atoms with Crippen molar-refractivity contribution >= 4 is 17.5 Å². The summed E-state index contributed by atoms with van der Waals surface area (Å²) in [4.78, 5) is 16.3. The van der Waals surface area contributed by atoms with Gasteiger partial charge in [0.15, 0.2) is 0 Å². The third kappa shape index (κ3) is 3.88. The number of aryl methyl sites for hydroxylation is 1. The van der Waals surface area contributed by atoms with E-state index in [1.54, 1.807) is 9.58 Å². The third-order valence-electron chi connectivity index (χ3n) is 4.80. The van der Waals surface area contributed by atoms with Gasteiger partial charge in [0, 0.05) is 32.7 Å². The number of hydrogen-bond acceptors (Lipinski definition) is 3. The molecular formula is C19H25ClN4O. The van der Waals surface area contributed by atoms with Gasteiger partial charge >= 0.3 is 0 Å². The van der Waals surface area contributed by atoms with Crippen molar-refractivity contribution in [2.75, 3.05) is 27.2 Å². The highest BCUT2D eigenvalue weighted by Gasteiger charge is 2.28. The number of aromatic nitrogens is 2. The van der Waals surface area contributed by atoms with Gasteiger partial charge in [-0.3, -0.25) is 9.69 Å². The summed E-state index contributed by atoms with van der Waals surface area (Å²) in [5.74, 6) is 0.291. The zero-order chi connectivity index (χ0) is 18.0. The SMILES string of the molecule is Cc1nn(-c2ccccc2)c(Cl)c1CN1CCCC(C(=O)N(C)C)C1. The van der Waals surface area contributed by atoms with Crippen molar-refractivity contribution in [1.82, 2.24) is 19.6 Å². The van der Waals surface area contributed by atoms with Crippen LogP contribution in [0.5, 0.6) is 0 Å². The van der Waals surface area contributed by atoms with E-state index in [0.29, 0.717) is 5.15 Å². The van der Waals surface area contributed by atoms with E-state index in [4.69, 9.17) is 11.6 Å². The topological polar surface area (TPSA) is 41.4 Å². The van der Waals surface area contributed by atoms with Crippen molar-refractivity contribution in [3.05, 3.63) is 46.7 Å². The van der Waals surface area contributed by atoms with Crippen LogP contribution < -0.4 is 0 Å². The molecule has 25 heavy (non-hydrogen) atoms. The highest BCUT2D eigenvalue weighted by molar-refractivity contribution is 6.30. The minimum absolute atomic E-state index is 0.0759. The first-order valence-electron chi connectivity index (χ1n) is 8.70. The predicted molar refractivity (Wildman–Crippen MR) is 100 cm³/mol. The minimum Gasteiger partial charge on any atom is -0.349 e. The van der Waals surface area contributed by atoms with E-state index in [1.165, 1.54) is 0 Å². The van der Waals surface area contributed by atoms with Crippen LogP contribution >= 0.6 is 11.6 Å². The van der Waals surface area contributed by atoms with Crippen molar-refractivity contribution < 1.29 is 4.79 Å². The van der Waals surface area contributed by atoms with Crippen LogP contribution in [0.15, 0.2) is 30.3 Å². The van der Waals surface area contributed by atoms with E-state index in [0.717, 1.165) is 49.4 Å². The summed E-state index contributed by atoms with van der Waals surface area (Å²) in [5, 5.41) is 5.27. The standard InChI is InChI=1S/C19H25ClN4O/c1-14-17(18(20)24(21-14)16-9-5-4-6-10-16)13-23-11-7-8-15(12-23)19(25)22(2)3/h4-6,9-10,15H,7-8,11-13H2,1-3H3. The number of para-hydroxylation sites is 1. The van der Waals surface area contributed by atoms with Gasteiger partial charge in [0.2, 0.25) is 5.91 Å². The van der Waals surface area contributed by atoms with Gasteiger partial charge in [0.25, 0.3) is 0 Å². The largest absolute Gasteiger partial charge is 0.349 e. The Labute approximate surface area is 154 Å². The van der Waals surface area contributed by atoms with Gasteiger partial charge in [-0.2, -0.15) is 5.10 Å². The Morgan fingerprint density at radius 3 is 2.72 bits per heavy atom. The van der Waals surface area contributed by atoms with Crippen LogP contribution in [0, 0.1) is 12.8 Å². The maximum atomic E-state index is 12.3. The molecule has 1 aromatic carbocycles. The van der Waals surface area contributed by atoms with Crippen molar-refractivity contribution in [3.8, 4) is 5.69 Å². The lowest BCUT2D eigenvalue weighted by Gasteiger charge is -2.33. The van der Waals surface area contributed by atoms with E-state index < -0.39 is 0 Å². The summed E-state index contributed by atoms with van der Waals surface area (Å²) in [5.41, 5.74) is 2.94. The summed E-state index contributed by atoms with van der Waals surface area (Å²) < 4.78 is 1.79. The van der Waals surface area contributed by atoms with Crippen LogP contribution in [-0.4, -0.2) is 52.7 Å². The number of piperidine rings is 1. The molecule has 6 heteroatoms. The molecule has 1 saturated heterocycles. The lowest BCUT2D eigenvalue weighted by molar-refractivity contribution is -0.134.